The van der Waals surface area contributed by atoms with Crippen LogP contribution in [0.3, 0.4) is 0 Å². The lowest BCUT2D eigenvalue weighted by atomic mass is 10.3. The van der Waals surface area contributed by atoms with Gasteiger partial charge in [0.05, 0.1) is 11.7 Å². The van der Waals surface area contributed by atoms with Crippen molar-refractivity contribution in [3.63, 3.8) is 0 Å². The lowest BCUT2D eigenvalue weighted by molar-refractivity contribution is 0.0699. The van der Waals surface area contributed by atoms with Gasteiger partial charge in [0, 0.05) is 6.20 Å². The van der Waals surface area contributed by atoms with E-state index in [4.69, 9.17) is 5.11 Å². The first-order valence-corrected chi connectivity index (χ1v) is 3.29. The van der Waals surface area contributed by atoms with Crippen molar-refractivity contribution in [1.82, 2.24) is 14.6 Å². The Kier molecular flexibility index (Phi) is 1.30. The summed E-state index contributed by atoms with van der Waals surface area (Å²) < 4.78 is 1.42. The van der Waals surface area contributed by atoms with Gasteiger partial charge >= 0.3 is 5.97 Å². The molecule has 0 atom stereocenters. The number of carbonyl (C=O) groups is 1. The fourth-order valence-corrected chi connectivity index (χ4v) is 1.01. The van der Waals surface area contributed by atoms with E-state index in [1.165, 1.54) is 23.2 Å². The SMILES string of the molecule is O=C(O)c1cnn2cnccc12. The molecule has 2 aromatic heterocycles. The van der Waals surface area contributed by atoms with Gasteiger partial charge in [-0.15, -0.1) is 0 Å². The number of aromatic nitrogens is 3. The normalized spacial score (nSPS) is 10.3. The van der Waals surface area contributed by atoms with Crippen molar-refractivity contribution in [3.8, 4) is 0 Å². The molecule has 2 heterocycles. The highest BCUT2D eigenvalue weighted by Crippen LogP contribution is 2.07. The number of rotatable bonds is 1. The minimum absolute atomic E-state index is 0.192. The molecule has 0 aliphatic rings. The number of carboxylic acid groups (broad SMARTS) is 1. The fourth-order valence-electron chi connectivity index (χ4n) is 1.01. The second-order valence-electron chi connectivity index (χ2n) is 2.27. The summed E-state index contributed by atoms with van der Waals surface area (Å²) >= 11 is 0. The van der Waals surface area contributed by atoms with Gasteiger partial charge in [-0.3, -0.25) is 0 Å². The maximum absolute atomic E-state index is 10.6. The number of aromatic carboxylic acids is 1. The molecular formula is C7H5N3O2. The Hall–Kier alpha value is -1.91. The molecule has 60 valence electrons. The van der Waals surface area contributed by atoms with E-state index >= 15 is 0 Å². The largest absolute Gasteiger partial charge is 0.478 e. The van der Waals surface area contributed by atoms with E-state index in [1.54, 1.807) is 6.07 Å². The van der Waals surface area contributed by atoms with Gasteiger partial charge in [0.2, 0.25) is 0 Å². The summed E-state index contributed by atoms with van der Waals surface area (Å²) in [6, 6.07) is 1.61. The highest BCUT2D eigenvalue weighted by Gasteiger charge is 2.09. The zero-order chi connectivity index (χ0) is 8.55. The third-order valence-corrected chi connectivity index (χ3v) is 1.56. The molecule has 5 heteroatoms. The van der Waals surface area contributed by atoms with Crippen LogP contribution in [0.5, 0.6) is 0 Å². The van der Waals surface area contributed by atoms with Gasteiger partial charge in [0.1, 0.15) is 11.9 Å². The predicted octanol–water partition coefficient (Wildman–Crippen LogP) is 0.428. The fraction of sp³-hybridized carbons (Fsp3) is 0. The molecule has 0 aromatic carbocycles. The standard InChI is InChI=1S/C7H5N3O2/c11-7(12)5-3-9-10-4-8-2-1-6(5)10/h1-4H,(H,11,12). The van der Waals surface area contributed by atoms with Crippen LogP contribution in [0.1, 0.15) is 10.4 Å². The zero-order valence-corrected chi connectivity index (χ0v) is 6.01. The van der Waals surface area contributed by atoms with Gasteiger partial charge < -0.3 is 5.11 Å². The average molecular weight is 163 g/mol. The van der Waals surface area contributed by atoms with E-state index in [-0.39, 0.29) is 5.56 Å². The highest BCUT2D eigenvalue weighted by molar-refractivity contribution is 5.95. The van der Waals surface area contributed by atoms with Crippen molar-refractivity contribution in [2.24, 2.45) is 0 Å². The number of nitrogens with zero attached hydrogens (tertiary/aromatic N) is 3. The van der Waals surface area contributed by atoms with E-state index in [9.17, 15) is 4.79 Å². The van der Waals surface area contributed by atoms with E-state index in [0.29, 0.717) is 5.52 Å². The maximum Gasteiger partial charge on any atom is 0.339 e. The summed E-state index contributed by atoms with van der Waals surface area (Å²) in [5.41, 5.74) is 0.745. The Morgan fingerprint density at radius 2 is 2.42 bits per heavy atom. The van der Waals surface area contributed by atoms with Crippen LogP contribution >= 0.6 is 0 Å². The molecule has 0 bridgehead atoms. The Balaban J connectivity index is 2.79. The topological polar surface area (TPSA) is 67.5 Å². The molecule has 0 aliphatic heterocycles. The first-order valence-electron chi connectivity index (χ1n) is 3.29. The van der Waals surface area contributed by atoms with E-state index < -0.39 is 5.97 Å². The second kappa shape index (κ2) is 2.30. The van der Waals surface area contributed by atoms with Crippen LogP contribution < -0.4 is 0 Å². The van der Waals surface area contributed by atoms with Gasteiger partial charge in [0.25, 0.3) is 0 Å². The first kappa shape index (κ1) is 6.78. The first-order chi connectivity index (χ1) is 5.79. The van der Waals surface area contributed by atoms with Gasteiger partial charge in [-0.2, -0.15) is 5.10 Å². The van der Waals surface area contributed by atoms with Crippen LogP contribution in [0.15, 0.2) is 24.8 Å². The van der Waals surface area contributed by atoms with E-state index in [2.05, 4.69) is 10.1 Å². The summed E-state index contributed by atoms with van der Waals surface area (Å²) in [5, 5.41) is 12.5. The second-order valence-corrected chi connectivity index (χ2v) is 2.27. The summed E-state index contributed by atoms with van der Waals surface area (Å²) in [6.45, 7) is 0. The Morgan fingerprint density at radius 3 is 3.17 bits per heavy atom. The van der Waals surface area contributed by atoms with E-state index in [0.717, 1.165) is 0 Å². The quantitative estimate of drug-likeness (QED) is 0.661. The Morgan fingerprint density at radius 1 is 1.58 bits per heavy atom. The summed E-state index contributed by atoms with van der Waals surface area (Å²) in [7, 11) is 0. The molecule has 5 nitrogen and oxygen atoms in total. The van der Waals surface area contributed by atoms with Crippen LogP contribution in [0.2, 0.25) is 0 Å². The van der Waals surface area contributed by atoms with Crippen molar-refractivity contribution in [3.05, 3.63) is 30.4 Å². The smallest absolute Gasteiger partial charge is 0.339 e. The van der Waals surface area contributed by atoms with Crippen LogP contribution in [0, 0.1) is 0 Å². The Bertz CT molecular complexity index is 435. The molecule has 12 heavy (non-hydrogen) atoms. The molecule has 2 aromatic rings. The molecule has 0 radical (unpaired) electrons. The molecule has 0 spiro atoms. The molecule has 0 amide bonds. The molecule has 0 unspecified atom stereocenters. The summed E-state index contributed by atoms with van der Waals surface area (Å²) in [6.07, 6.45) is 4.30. The molecule has 2 rings (SSSR count). The molecule has 0 fully saturated rings. The van der Waals surface area contributed by atoms with Crippen molar-refractivity contribution < 1.29 is 9.90 Å². The van der Waals surface area contributed by atoms with Gasteiger partial charge in [-0.25, -0.2) is 14.3 Å². The Labute approximate surface area is 67.3 Å². The third-order valence-electron chi connectivity index (χ3n) is 1.56. The number of hydrogen-bond donors (Lipinski definition) is 1. The lowest BCUT2D eigenvalue weighted by Gasteiger charge is -1.90. The number of fused-ring (bicyclic) bond motifs is 1. The molecule has 0 aliphatic carbocycles. The number of carboxylic acids is 1. The molecular weight excluding hydrogens is 158 g/mol. The maximum atomic E-state index is 10.6. The van der Waals surface area contributed by atoms with Crippen LogP contribution in [0.25, 0.3) is 5.52 Å². The lowest BCUT2D eigenvalue weighted by Crippen LogP contribution is -1.95. The molecule has 0 saturated carbocycles. The van der Waals surface area contributed by atoms with Gasteiger partial charge in [-0.05, 0) is 6.07 Å². The highest BCUT2D eigenvalue weighted by atomic mass is 16.4. The minimum atomic E-state index is -0.976. The zero-order valence-electron chi connectivity index (χ0n) is 6.01. The third kappa shape index (κ3) is 0.833. The monoisotopic (exact) mass is 163 g/mol. The summed E-state index contributed by atoms with van der Waals surface area (Å²) in [5.74, 6) is -0.976. The van der Waals surface area contributed by atoms with Crippen LogP contribution in [0.4, 0.5) is 0 Å². The number of hydrogen-bond acceptors (Lipinski definition) is 3. The molecule has 0 saturated heterocycles. The van der Waals surface area contributed by atoms with Crippen molar-refractivity contribution in [2.75, 3.05) is 0 Å². The van der Waals surface area contributed by atoms with Crippen molar-refractivity contribution >= 4 is 11.5 Å². The van der Waals surface area contributed by atoms with Gasteiger partial charge in [0.15, 0.2) is 0 Å². The predicted molar refractivity (Wildman–Crippen MR) is 39.9 cm³/mol. The molecule has 1 N–H and O–H groups in total. The van der Waals surface area contributed by atoms with Crippen molar-refractivity contribution in [1.29, 1.82) is 0 Å². The minimum Gasteiger partial charge on any atom is -0.478 e. The summed E-state index contributed by atoms with van der Waals surface area (Å²) in [4.78, 5) is 14.4. The van der Waals surface area contributed by atoms with Crippen LogP contribution in [-0.4, -0.2) is 25.7 Å². The van der Waals surface area contributed by atoms with E-state index in [1.807, 2.05) is 0 Å². The van der Waals surface area contributed by atoms with Crippen molar-refractivity contribution in [2.45, 2.75) is 0 Å². The average Bonchev–Trinajstić information content (AvgIpc) is 2.47. The van der Waals surface area contributed by atoms with Crippen LogP contribution in [-0.2, 0) is 0 Å². The van der Waals surface area contributed by atoms with Gasteiger partial charge in [-0.1, -0.05) is 0 Å².